The van der Waals surface area contributed by atoms with E-state index in [4.69, 9.17) is 4.74 Å². The molecule has 1 amide bonds. The number of nitro groups is 1. The molecule has 7 nitrogen and oxygen atoms in total. The molecule has 0 aromatic heterocycles. The zero-order valence-electron chi connectivity index (χ0n) is 11.1. The van der Waals surface area contributed by atoms with E-state index in [1.807, 2.05) is 0 Å². The Morgan fingerprint density at radius 3 is 2.64 bits per heavy atom. The number of amides is 1. The van der Waals surface area contributed by atoms with Gasteiger partial charge in [-0.15, -0.1) is 0 Å². The van der Waals surface area contributed by atoms with Crippen LogP contribution < -0.4 is 4.90 Å². The zero-order chi connectivity index (χ0) is 15.4. The van der Waals surface area contributed by atoms with Crippen LogP contribution in [-0.4, -0.2) is 16.8 Å². The van der Waals surface area contributed by atoms with Gasteiger partial charge in [-0.25, -0.2) is 4.79 Å². The van der Waals surface area contributed by atoms with Crippen LogP contribution in [0.25, 0.3) is 0 Å². The number of ether oxygens (including phenoxy) is 1. The fraction of sp³-hybridized carbons (Fsp3) is 0.0667. The number of benzene rings is 2. The van der Waals surface area contributed by atoms with Crippen molar-refractivity contribution in [1.82, 2.24) is 0 Å². The van der Waals surface area contributed by atoms with Crippen molar-refractivity contribution in [2.45, 2.75) is 6.23 Å². The molecule has 0 saturated heterocycles. The Morgan fingerprint density at radius 2 is 1.86 bits per heavy atom. The fourth-order valence-corrected chi connectivity index (χ4v) is 2.81. The summed E-state index contributed by atoms with van der Waals surface area (Å²) in [6, 6.07) is 10.6. The standard InChI is InChI=1S/C15H8N2O5/c18-13-11-7-8(17(20)21)5-6-9(11)14-16(13)12-4-2-1-3-10(12)15(19)22-14/h1-7,14H/t14-/m0/s1. The van der Waals surface area contributed by atoms with Gasteiger partial charge in [0.1, 0.15) is 0 Å². The third-order valence-electron chi connectivity index (χ3n) is 3.80. The van der Waals surface area contributed by atoms with Gasteiger partial charge < -0.3 is 4.74 Å². The Labute approximate surface area is 123 Å². The van der Waals surface area contributed by atoms with Crippen molar-refractivity contribution in [3.05, 3.63) is 69.3 Å². The van der Waals surface area contributed by atoms with Crippen LogP contribution >= 0.6 is 0 Å². The fourth-order valence-electron chi connectivity index (χ4n) is 2.81. The summed E-state index contributed by atoms with van der Waals surface area (Å²) in [5.74, 6) is -0.931. The van der Waals surface area contributed by atoms with Gasteiger partial charge in [-0.2, -0.15) is 0 Å². The first-order valence-electron chi connectivity index (χ1n) is 6.50. The average molecular weight is 296 g/mol. The second-order valence-electron chi connectivity index (χ2n) is 4.98. The molecule has 2 heterocycles. The quantitative estimate of drug-likeness (QED) is 0.458. The van der Waals surface area contributed by atoms with Crippen molar-refractivity contribution in [2.24, 2.45) is 0 Å². The second-order valence-corrected chi connectivity index (χ2v) is 4.98. The van der Waals surface area contributed by atoms with Crippen LogP contribution in [0, 0.1) is 10.1 Å². The van der Waals surface area contributed by atoms with Crippen LogP contribution in [0.3, 0.4) is 0 Å². The van der Waals surface area contributed by atoms with Crippen molar-refractivity contribution in [3.8, 4) is 0 Å². The Bertz CT molecular complexity index is 861. The topological polar surface area (TPSA) is 89.7 Å². The number of rotatable bonds is 1. The third-order valence-corrected chi connectivity index (χ3v) is 3.80. The van der Waals surface area contributed by atoms with Crippen molar-refractivity contribution < 1.29 is 19.2 Å². The smallest absolute Gasteiger partial charge is 0.342 e. The number of nitro benzene ring substituents is 1. The number of hydrogen-bond acceptors (Lipinski definition) is 5. The SMILES string of the molecule is O=C1O[C@H]2c3ccc([N+](=O)[O-])cc3C(=O)N2c2ccccc21. The predicted octanol–water partition coefficient (Wildman–Crippen LogP) is 2.42. The van der Waals surface area contributed by atoms with Gasteiger partial charge in [0.25, 0.3) is 11.6 Å². The molecule has 2 aliphatic rings. The molecule has 1 atom stereocenters. The molecular weight excluding hydrogens is 288 g/mol. The monoisotopic (exact) mass is 296 g/mol. The van der Waals surface area contributed by atoms with Gasteiger partial charge in [0.15, 0.2) is 0 Å². The first kappa shape index (κ1) is 12.5. The first-order chi connectivity index (χ1) is 10.6. The molecule has 0 radical (unpaired) electrons. The number of anilines is 1. The van der Waals surface area contributed by atoms with Gasteiger partial charge in [0.05, 0.1) is 21.7 Å². The van der Waals surface area contributed by atoms with Crippen LogP contribution in [-0.2, 0) is 4.74 Å². The number of nitrogens with zero attached hydrogens (tertiary/aromatic N) is 2. The van der Waals surface area contributed by atoms with E-state index >= 15 is 0 Å². The molecule has 0 saturated carbocycles. The second kappa shape index (κ2) is 4.14. The number of esters is 1. The molecule has 7 heteroatoms. The van der Waals surface area contributed by atoms with Gasteiger partial charge in [0, 0.05) is 17.7 Å². The number of non-ortho nitro benzene ring substituents is 1. The van der Waals surface area contributed by atoms with Crippen LogP contribution in [0.4, 0.5) is 11.4 Å². The van der Waals surface area contributed by atoms with E-state index in [-0.39, 0.29) is 11.3 Å². The van der Waals surface area contributed by atoms with E-state index in [2.05, 4.69) is 0 Å². The lowest BCUT2D eigenvalue weighted by atomic mass is 10.1. The maximum absolute atomic E-state index is 12.6. The van der Waals surface area contributed by atoms with Gasteiger partial charge in [-0.05, 0) is 18.2 Å². The largest absolute Gasteiger partial charge is 0.433 e. The summed E-state index contributed by atoms with van der Waals surface area (Å²) in [7, 11) is 0. The molecule has 2 aromatic carbocycles. The summed E-state index contributed by atoms with van der Waals surface area (Å²) in [6.07, 6.45) is -0.870. The molecule has 4 rings (SSSR count). The molecule has 0 bridgehead atoms. The lowest BCUT2D eigenvalue weighted by Gasteiger charge is -2.31. The van der Waals surface area contributed by atoms with E-state index in [1.54, 1.807) is 24.3 Å². The Kier molecular flexibility index (Phi) is 2.35. The number of carbonyl (C=O) groups is 2. The molecular formula is C15H8N2O5. The number of fused-ring (bicyclic) bond motifs is 5. The summed E-state index contributed by atoms with van der Waals surface area (Å²) in [5.41, 5.74) is 1.22. The van der Waals surface area contributed by atoms with Crippen LogP contribution in [0.15, 0.2) is 42.5 Å². The Morgan fingerprint density at radius 1 is 1.09 bits per heavy atom. The van der Waals surface area contributed by atoms with Crippen molar-refractivity contribution in [3.63, 3.8) is 0 Å². The van der Waals surface area contributed by atoms with Crippen LogP contribution in [0.5, 0.6) is 0 Å². The normalized spacial score (nSPS) is 18.4. The highest BCUT2D eigenvalue weighted by atomic mass is 16.6. The minimum absolute atomic E-state index is 0.174. The van der Waals surface area contributed by atoms with Crippen molar-refractivity contribution in [1.29, 1.82) is 0 Å². The van der Waals surface area contributed by atoms with Crippen LogP contribution in [0.2, 0.25) is 0 Å². The predicted molar refractivity (Wildman–Crippen MR) is 74.5 cm³/mol. The molecule has 0 aliphatic carbocycles. The van der Waals surface area contributed by atoms with Gasteiger partial charge in [-0.1, -0.05) is 12.1 Å². The first-order valence-corrected chi connectivity index (χ1v) is 6.50. The summed E-state index contributed by atoms with van der Waals surface area (Å²) in [4.78, 5) is 36.3. The lowest BCUT2D eigenvalue weighted by molar-refractivity contribution is -0.384. The van der Waals surface area contributed by atoms with Gasteiger partial charge in [0.2, 0.25) is 6.23 Å². The molecule has 0 unspecified atom stereocenters. The summed E-state index contributed by atoms with van der Waals surface area (Å²) < 4.78 is 5.33. The number of carbonyl (C=O) groups excluding carboxylic acids is 2. The average Bonchev–Trinajstić information content (AvgIpc) is 2.80. The van der Waals surface area contributed by atoms with Gasteiger partial charge in [-0.3, -0.25) is 19.8 Å². The highest BCUT2D eigenvalue weighted by molar-refractivity contribution is 6.15. The van der Waals surface area contributed by atoms with Crippen molar-refractivity contribution in [2.75, 3.05) is 4.90 Å². The maximum atomic E-state index is 12.6. The van der Waals surface area contributed by atoms with Crippen molar-refractivity contribution >= 4 is 23.3 Å². The molecule has 2 aliphatic heterocycles. The maximum Gasteiger partial charge on any atom is 0.342 e. The minimum Gasteiger partial charge on any atom is -0.433 e. The Hall–Kier alpha value is -3.22. The van der Waals surface area contributed by atoms with E-state index < -0.39 is 23.0 Å². The lowest BCUT2D eigenvalue weighted by Crippen LogP contribution is -2.36. The van der Waals surface area contributed by atoms with E-state index in [0.29, 0.717) is 16.8 Å². The molecule has 108 valence electrons. The highest BCUT2D eigenvalue weighted by Crippen LogP contribution is 2.44. The van der Waals surface area contributed by atoms with Crippen LogP contribution in [0.1, 0.15) is 32.5 Å². The third kappa shape index (κ3) is 1.50. The van der Waals surface area contributed by atoms with E-state index in [9.17, 15) is 19.7 Å². The Balaban J connectivity index is 1.91. The molecule has 22 heavy (non-hydrogen) atoms. The highest BCUT2D eigenvalue weighted by Gasteiger charge is 2.45. The molecule has 0 N–H and O–H groups in total. The van der Waals surface area contributed by atoms with E-state index in [1.165, 1.54) is 23.1 Å². The van der Waals surface area contributed by atoms with Gasteiger partial charge >= 0.3 is 5.97 Å². The number of para-hydroxylation sites is 1. The molecule has 0 fully saturated rings. The van der Waals surface area contributed by atoms with E-state index in [0.717, 1.165) is 0 Å². The summed E-state index contributed by atoms with van der Waals surface area (Å²) in [6.45, 7) is 0. The minimum atomic E-state index is -0.870. The number of hydrogen-bond donors (Lipinski definition) is 0. The summed E-state index contributed by atoms with van der Waals surface area (Å²) in [5, 5.41) is 10.9. The molecule has 2 aromatic rings. The summed E-state index contributed by atoms with van der Waals surface area (Å²) >= 11 is 0. The molecule has 0 spiro atoms. The zero-order valence-corrected chi connectivity index (χ0v) is 11.1.